The van der Waals surface area contributed by atoms with Crippen molar-refractivity contribution in [2.24, 2.45) is 0 Å². The smallest absolute Gasteiger partial charge is 0.434 e. The zero-order chi connectivity index (χ0) is 19.1. The van der Waals surface area contributed by atoms with Crippen LogP contribution in [0.2, 0.25) is 0 Å². The number of carbonyl (C=O) groups excluding carboxylic acids is 2. The van der Waals surface area contributed by atoms with Crippen molar-refractivity contribution in [3.8, 4) is 11.5 Å². The number of esters is 2. The first-order valence-electron chi connectivity index (χ1n) is 8.17. The molecule has 9 nitrogen and oxygen atoms in total. The molecule has 0 amide bonds. The molecule has 0 aliphatic heterocycles. The van der Waals surface area contributed by atoms with E-state index in [4.69, 9.17) is 13.9 Å². The molecule has 0 bridgehead atoms. The molecule has 0 fully saturated rings. The summed E-state index contributed by atoms with van der Waals surface area (Å²) in [5.41, 5.74) is 1.95. The van der Waals surface area contributed by atoms with Gasteiger partial charge < -0.3 is 18.8 Å². The summed E-state index contributed by atoms with van der Waals surface area (Å²) < 4.78 is 14.9. The highest BCUT2D eigenvalue weighted by Gasteiger charge is 2.20. The monoisotopic (exact) mass is 363 g/mol. The predicted molar refractivity (Wildman–Crippen MR) is 92.8 cm³/mol. The number of ether oxygens (including phenoxy) is 2. The number of aryl methyl sites for hydroxylation is 1. The summed E-state index contributed by atoms with van der Waals surface area (Å²) in [7, 11) is 0. The van der Waals surface area contributed by atoms with E-state index in [2.05, 4.69) is 10.2 Å². The fraction of sp³-hybridized carbons (Fsp3) is 0.412. The first-order valence-corrected chi connectivity index (χ1v) is 8.17. The Balaban J connectivity index is 2.36. The first kappa shape index (κ1) is 19.2. The van der Waals surface area contributed by atoms with E-state index in [-0.39, 0.29) is 32.2 Å². The van der Waals surface area contributed by atoms with Crippen LogP contribution in [0.25, 0.3) is 11.5 Å². The van der Waals surface area contributed by atoms with Gasteiger partial charge in [0.1, 0.15) is 13.1 Å². The molecule has 0 unspecified atom stereocenters. The summed E-state index contributed by atoms with van der Waals surface area (Å²) in [6.07, 6.45) is 0. The van der Waals surface area contributed by atoms with E-state index >= 15 is 0 Å². The lowest BCUT2D eigenvalue weighted by molar-refractivity contribution is -0.142. The van der Waals surface area contributed by atoms with Crippen LogP contribution in [0, 0.1) is 6.92 Å². The van der Waals surface area contributed by atoms with Gasteiger partial charge in [0.2, 0.25) is 5.89 Å². The molecule has 0 radical (unpaired) electrons. The van der Waals surface area contributed by atoms with Crippen molar-refractivity contribution in [1.29, 1.82) is 0 Å². The molecule has 1 heterocycles. The molecule has 1 aromatic carbocycles. The molecule has 0 saturated heterocycles. The SMILES string of the molecule is CCOC(=O)CN(CC(=O)OCC)c1cc(-c2n[nH]c(=O)o2)ccc1C. The quantitative estimate of drug-likeness (QED) is 0.697. The molecule has 0 atom stereocenters. The Labute approximate surface area is 149 Å². The second-order valence-corrected chi connectivity index (χ2v) is 5.39. The Morgan fingerprint density at radius 2 is 1.77 bits per heavy atom. The number of carbonyl (C=O) groups is 2. The molecule has 0 aliphatic rings. The van der Waals surface area contributed by atoms with Gasteiger partial charge >= 0.3 is 17.7 Å². The minimum absolute atomic E-state index is 0.114. The molecule has 2 aromatic rings. The van der Waals surface area contributed by atoms with E-state index in [1.54, 1.807) is 36.9 Å². The number of nitrogens with zero attached hydrogens (tertiary/aromatic N) is 2. The van der Waals surface area contributed by atoms with Crippen LogP contribution in [-0.2, 0) is 19.1 Å². The minimum atomic E-state index is -0.669. The second kappa shape index (κ2) is 8.84. The van der Waals surface area contributed by atoms with Crippen molar-refractivity contribution in [2.45, 2.75) is 20.8 Å². The van der Waals surface area contributed by atoms with E-state index in [0.29, 0.717) is 11.3 Å². The van der Waals surface area contributed by atoms with Gasteiger partial charge in [-0.05, 0) is 38.5 Å². The van der Waals surface area contributed by atoms with E-state index in [0.717, 1.165) is 5.56 Å². The number of hydrogen-bond acceptors (Lipinski definition) is 8. The molecule has 0 spiro atoms. The van der Waals surface area contributed by atoms with Crippen LogP contribution in [0.15, 0.2) is 27.4 Å². The topological polar surface area (TPSA) is 115 Å². The fourth-order valence-electron chi connectivity index (χ4n) is 2.39. The molecule has 2 rings (SSSR count). The van der Waals surface area contributed by atoms with Crippen molar-refractivity contribution in [3.63, 3.8) is 0 Å². The largest absolute Gasteiger partial charge is 0.465 e. The number of hydrogen-bond donors (Lipinski definition) is 1. The maximum absolute atomic E-state index is 11.9. The van der Waals surface area contributed by atoms with Crippen molar-refractivity contribution in [3.05, 3.63) is 34.3 Å². The zero-order valence-electron chi connectivity index (χ0n) is 14.9. The highest BCUT2D eigenvalue weighted by molar-refractivity contribution is 5.82. The van der Waals surface area contributed by atoms with Crippen molar-refractivity contribution >= 4 is 17.6 Å². The van der Waals surface area contributed by atoms with Gasteiger partial charge in [-0.25, -0.2) is 9.89 Å². The van der Waals surface area contributed by atoms with Crippen LogP contribution in [-0.4, -0.2) is 48.4 Å². The molecule has 0 aliphatic carbocycles. The van der Waals surface area contributed by atoms with Crippen molar-refractivity contribution in [1.82, 2.24) is 10.2 Å². The van der Waals surface area contributed by atoms with Crippen LogP contribution < -0.4 is 10.7 Å². The third-order valence-corrected chi connectivity index (χ3v) is 3.49. The van der Waals surface area contributed by atoms with Crippen LogP contribution in [0.4, 0.5) is 5.69 Å². The average molecular weight is 363 g/mol. The van der Waals surface area contributed by atoms with Crippen molar-refractivity contribution in [2.75, 3.05) is 31.2 Å². The lowest BCUT2D eigenvalue weighted by Gasteiger charge is -2.24. The summed E-state index contributed by atoms with van der Waals surface area (Å²) in [6, 6.07) is 5.19. The van der Waals surface area contributed by atoms with Gasteiger partial charge in [0.25, 0.3) is 0 Å². The predicted octanol–water partition coefficient (Wildman–Crippen LogP) is 1.27. The Kier molecular flexibility index (Phi) is 6.54. The third kappa shape index (κ3) is 4.95. The van der Waals surface area contributed by atoms with Crippen LogP contribution in [0.1, 0.15) is 19.4 Å². The lowest BCUT2D eigenvalue weighted by atomic mass is 10.1. The normalized spacial score (nSPS) is 10.4. The standard InChI is InChI=1S/C17H21N3O6/c1-4-24-14(21)9-20(10-15(22)25-5-2)13-8-12(7-6-11(13)3)16-18-19-17(23)26-16/h6-8H,4-5,9-10H2,1-3H3,(H,19,23). The number of H-pyrrole nitrogens is 1. The molecule has 140 valence electrons. The maximum atomic E-state index is 11.9. The number of benzene rings is 1. The van der Waals surface area contributed by atoms with Crippen LogP contribution in [0.5, 0.6) is 0 Å². The van der Waals surface area contributed by atoms with Gasteiger partial charge in [-0.15, -0.1) is 5.10 Å². The molecule has 26 heavy (non-hydrogen) atoms. The summed E-state index contributed by atoms with van der Waals surface area (Å²) in [4.78, 5) is 36.6. The van der Waals surface area contributed by atoms with Crippen molar-refractivity contribution < 1.29 is 23.5 Å². The van der Waals surface area contributed by atoms with Gasteiger partial charge in [0.15, 0.2) is 0 Å². The Hall–Kier alpha value is -3.10. The number of anilines is 1. The Morgan fingerprint density at radius 3 is 2.27 bits per heavy atom. The van der Waals surface area contributed by atoms with Gasteiger partial charge in [0.05, 0.1) is 13.2 Å². The molecular formula is C17H21N3O6. The lowest BCUT2D eigenvalue weighted by Crippen LogP contribution is -2.36. The maximum Gasteiger partial charge on any atom is 0.434 e. The molecule has 1 aromatic heterocycles. The number of rotatable bonds is 8. The highest BCUT2D eigenvalue weighted by Crippen LogP contribution is 2.26. The van der Waals surface area contributed by atoms with Gasteiger partial charge in [-0.3, -0.25) is 9.59 Å². The van der Waals surface area contributed by atoms with E-state index < -0.39 is 17.7 Å². The molecule has 9 heteroatoms. The first-order chi connectivity index (χ1) is 12.4. The number of aromatic nitrogens is 2. The molecular weight excluding hydrogens is 342 g/mol. The summed E-state index contributed by atoms with van der Waals surface area (Å²) in [6.45, 7) is 5.48. The highest BCUT2D eigenvalue weighted by atomic mass is 16.5. The van der Waals surface area contributed by atoms with Gasteiger partial charge in [-0.1, -0.05) is 6.07 Å². The fourth-order valence-corrected chi connectivity index (χ4v) is 2.39. The van der Waals surface area contributed by atoms with Gasteiger partial charge in [0, 0.05) is 11.3 Å². The van der Waals surface area contributed by atoms with Crippen LogP contribution >= 0.6 is 0 Å². The van der Waals surface area contributed by atoms with Gasteiger partial charge in [-0.2, -0.15) is 0 Å². The Morgan fingerprint density at radius 1 is 1.15 bits per heavy atom. The number of aromatic amines is 1. The van der Waals surface area contributed by atoms with E-state index in [1.165, 1.54) is 0 Å². The molecule has 1 N–H and O–H groups in total. The van der Waals surface area contributed by atoms with Crippen LogP contribution in [0.3, 0.4) is 0 Å². The van der Waals surface area contributed by atoms with E-state index in [1.807, 2.05) is 6.92 Å². The molecule has 0 saturated carbocycles. The minimum Gasteiger partial charge on any atom is -0.465 e. The number of nitrogens with one attached hydrogen (secondary N) is 1. The van der Waals surface area contributed by atoms with E-state index in [9.17, 15) is 14.4 Å². The Bertz CT molecular complexity index is 806. The third-order valence-electron chi connectivity index (χ3n) is 3.49. The average Bonchev–Trinajstić information content (AvgIpc) is 3.01. The zero-order valence-corrected chi connectivity index (χ0v) is 14.9. The summed E-state index contributed by atoms with van der Waals surface area (Å²) in [5, 5.41) is 5.99. The second-order valence-electron chi connectivity index (χ2n) is 5.39. The summed E-state index contributed by atoms with van der Waals surface area (Å²) >= 11 is 0. The summed E-state index contributed by atoms with van der Waals surface area (Å²) in [5.74, 6) is -1.48.